The Morgan fingerprint density at radius 3 is 3.06 bits per heavy atom. The van der Waals surface area contributed by atoms with Crippen LogP contribution in [0.25, 0.3) is 0 Å². The van der Waals surface area contributed by atoms with Crippen LogP contribution in [0.3, 0.4) is 0 Å². The van der Waals surface area contributed by atoms with Gasteiger partial charge in [-0.15, -0.1) is 0 Å². The smallest absolute Gasteiger partial charge is 0.318 e. The average Bonchev–Trinajstić information content (AvgIpc) is 2.97. The van der Waals surface area contributed by atoms with Gasteiger partial charge < -0.3 is 20.5 Å². The first-order chi connectivity index (χ1) is 7.84. The SMILES string of the molecule is O=C1NC(c2ccc[nH]2)CN1C1CCNC1. The van der Waals surface area contributed by atoms with Crippen molar-refractivity contribution in [3.63, 3.8) is 0 Å². The van der Waals surface area contributed by atoms with E-state index in [2.05, 4.69) is 15.6 Å². The number of urea groups is 1. The molecule has 1 aromatic heterocycles. The lowest BCUT2D eigenvalue weighted by atomic mass is 10.2. The molecule has 0 aromatic carbocycles. The highest BCUT2D eigenvalue weighted by Gasteiger charge is 2.35. The number of nitrogens with zero attached hydrogens (tertiary/aromatic N) is 1. The van der Waals surface area contributed by atoms with Crippen molar-refractivity contribution < 1.29 is 4.79 Å². The van der Waals surface area contributed by atoms with Crippen LogP contribution in [0.1, 0.15) is 18.2 Å². The van der Waals surface area contributed by atoms with E-state index in [1.165, 1.54) is 0 Å². The van der Waals surface area contributed by atoms with Crippen molar-refractivity contribution in [2.75, 3.05) is 19.6 Å². The number of hydrogen-bond donors (Lipinski definition) is 3. The van der Waals surface area contributed by atoms with Crippen molar-refractivity contribution in [3.05, 3.63) is 24.0 Å². The van der Waals surface area contributed by atoms with Gasteiger partial charge in [0.1, 0.15) is 0 Å². The number of carbonyl (C=O) groups is 1. The second-order valence-electron chi connectivity index (χ2n) is 4.43. The Bertz CT molecular complexity index is 369. The van der Waals surface area contributed by atoms with Gasteiger partial charge in [-0.1, -0.05) is 0 Å². The maximum absolute atomic E-state index is 11.8. The van der Waals surface area contributed by atoms with Gasteiger partial charge in [0.2, 0.25) is 0 Å². The van der Waals surface area contributed by atoms with Crippen molar-refractivity contribution in [3.8, 4) is 0 Å². The van der Waals surface area contributed by atoms with Gasteiger partial charge in [0.05, 0.1) is 6.04 Å². The standard InChI is InChI=1S/C11H16N4O/c16-11-14-10(9-2-1-4-13-9)7-15(11)8-3-5-12-6-8/h1-2,4,8,10,12-13H,3,5-7H2,(H,14,16). The second-order valence-corrected chi connectivity index (χ2v) is 4.43. The van der Waals surface area contributed by atoms with Crippen LogP contribution >= 0.6 is 0 Å². The first-order valence-electron chi connectivity index (χ1n) is 5.76. The molecule has 3 rings (SSSR count). The molecule has 2 aliphatic heterocycles. The molecule has 86 valence electrons. The molecule has 2 amide bonds. The van der Waals surface area contributed by atoms with Crippen LogP contribution in [-0.4, -0.2) is 41.6 Å². The van der Waals surface area contributed by atoms with E-state index in [1.54, 1.807) is 0 Å². The Hall–Kier alpha value is -1.49. The summed E-state index contributed by atoms with van der Waals surface area (Å²) in [6, 6.07) is 4.51. The lowest BCUT2D eigenvalue weighted by Crippen LogP contribution is -2.39. The van der Waals surface area contributed by atoms with Crippen LogP contribution in [0, 0.1) is 0 Å². The van der Waals surface area contributed by atoms with Crippen molar-refractivity contribution in [1.82, 2.24) is 20.5 Å². The maximum Gasteiger partial charge on any atom is 0.318 e. The Morgan fingerprint density at radius 2 is 2.38 bits per heavy atom. The minimum Gasteiger partial charge on any atom is -0.363 e. The molecule has 1 aromatic rings. The summed E-state index contributed by atoms with van der Waals surface area (Å²) in [5.74, 6) is 0. The molecular formula is C11H16N4O. The van der Waals surface area contributed by atoms with Gasteiger partial charge in [0.25, 0.3) is 0 Å². The van der Waals surface area contributed by atoms with Gasteiger partial charge in [-0.2, -0.15) is 0 Å². The number of aromatic amines is 1. The summed E-state index contributed by atoms with van der Waals surface area (Å²) >= 11 is 0. The summed E-state index contributed by atoms with van der Waals surface area (Å²) in [5.41, 5.74) is 1.09. The van der Waals surface area contributed by atoms with Gasteiger partial charge in [0.15, 0.2) is 0 Å². The molecule has 3 heterocycles. The van der Waals surface area contributed by atoms with Gasteiger partial charge in [-0.05, 0) is 25.1 Å². The van der Waals surface area contributed by atoms with Crippen molar-refractivity contribution in [1.29, 1.82) is 0 Å². The summed E-state index contributed by atoms with van der Waals surface area (Å²) < 4.78 is 0. The van der Waals surface area contributed by atoms with E-state index in [1.807, 2.05) is 23.2 Å². The van der Waals surface area contributed by atoms with Gasteiger partial charge >= 0.3 is 6.03 Å². The molecule has 16 heavy (non-hydrogen) atoms. The predicted octanol–water partition coefficient (Wildman–Crippen LogP) is 0.443. The van der Waals surface area contributed by atoms with Crippen LogP contribution in [0.2, 0.25) is 0 Å². The topological polar surface area (TPSA) is 60.2 Å². The molecule has 0 saturated carbocycles. The normalized spacial score (nSPS) is 29.8. The Balaban J connectivity index is 1.72. The fourth-order valence-corrected chi connectivity index (χ4v) is 2.51. The summed E-state index contributed by atoms with van der Waals surface area (Å²) in [5, 5.41) is 6.30. The Kier molecular flexibility index (Phi) is 2.32. The van der Waals surface area contributed by atoms with Crippen molar-refractivity contribution in [2.24, 2.45) is 0 Å². The van der Waals surface area contributed by atoms with Crippen LogP contribution in [0.5, 0.6) is 0 Å². The molecule has 2 aliphatic rings. The summed E-state index contributed by atoms with van der Waals surface area (Å²) in [7, 11) is 0. The zero-order valence-corrected chi connectivity index (χ0v) is 9.07. The van der Waals surface area contributed by atoms with E-state index in [0.717, 1.165) is 31.7 Å². The van der Waals surface area contributed by atoms with E-state index < -0.39 is 0 Å². The maximum atomic E-state index is 11.8. The Labute approximate surface area is 94.2 Å². The third kappa shape index (κ3) is 1.57. The number of aromatic nitrogens is 1. The first-order valence-corrected chi connectivity index (χ1v) is 5.76. The van der Waals surface area contributed by atoms with Crippen LogP contribution in [0.4, 0.5) is 4.79 Å². The monoisotopic (exact) mass is 220 g/mol. The predicted molar refractivity (Wildman–Crippen MR) is 60.0 cm³/mol. The zero-order chi connectivity index (χ0) is 11.0. The highest BCUT2D eigenvalue weighted by atomic mass is 16.2. The molecule has 0 aliphatic carbocycles. The lowest BCUT2D eigenvalue weighted by molar-refractivity contribution is 0.201. The zero-order valence-electron chi connectivity index (χ0n) is 9.07. The summed E-state index contributed by atoms with van der Waals surface area (Å²) in [4.78, 5) is 16.9. The molecule has 2 fully saturated rings. The van der Waals surface area contributed by atoms with Crippen LogP contribution in [-0.2, 0) is 0 Å². The number of nitrogens with one attached hydrogen (secondary N) is 3. The summed E-state index contributed by atoms with van der Waals surface area (Å²) in [6.45, 7) is 2.71. The molecule has 5 nitrogen and oxygen atoms in total. The number of amides is 2. The van der Waals surface area contributed by atoms with E-state index in [0.29, 0.717) is 6.04 Å². The number of rotatable bonds is 2. The fourth-order valence-electron chi connectivity index (χ4n) is 2.51. The van der Waals surface area contributed by atoms with Gasteiger partial charge in [-0.25, -0.2) is 4.79 Å². The van der Waals surface area contributed by atoms with Crippen LogP contribution < -0.4 is 10.6 Å². The third-order valence-electron chi connectivity index (χ3n) is 3.41. The lowest BCUT2D eigenvalue weighted by Gasteiger charge is -2.21. The highest BCUT2D eigenvalue weighted by molar-refractivity contribution is 5.77. The van der Waals surface area contributed by atoms with Crippen molar-refractivity contribution >= 4 is 6.03 Å². The molecule has 2 unspecified atom stereocenters. The summed E-state index contributed by atoms with van der Waals surface area (Å²) in [6.07, 6.45) is 2.95. The number of hydrogen-bond acceptors (Lipinski definition) is 2. The van der Waals surface area contributed by atoms with E-state index in [-0.39, 0.29) is 12.1 Å². The minimum absolute atomic E-state index is 0.0632. The third-order valence-corrected chi connectivity index (χ3v) is 3.41. The Morgan fingerprint density at radius 1 is 1.44 bits per heavy atom. The van der Waals surface area contributed by atoms with Crippen LogP contribution in [0.15, 0.2) is 18.3 Å². The van der Waals surface area contributed by atoms with E-state index in [4.69, 9.17) is 0 Å². The first kappa shape index (κ1) is 9.72. The molecule has 5 heteroatoms. The molecule has 3 N–H and O–H groups in total. The van der Waals surface area contributed by atoms with Gasteiger partial charge in [-0.3, -0.25) is 0 Å². The molecule has 0 radical (unpaired) electrons. The molecule has 0 bridgehead atoms. The largest absolute Gasteiger partial charge is 0.363 e. The van der Waals surface area contributed by atoms with Crippen molar-refractivity contribution in [2.45, 2.75) is 18.5 Å². The van der Waals surface area contributed by atoms with E-state index in [9.17, 15) is 4.79 Å². The quantitative estimate of drug-likeness (QED) is 0.677. The molecular weight excluding hydrogens is 204 g/mol. The number of H-pyrrole nitrogens is 1. The minimum atomic E-state index is 0.0632. The highest BCUT2D eigenvalue weighted by Crippen LogP contribution is 2.22. The van der Waals surface area contributed by atoms with Gasteiger partial charge in [0, 0.05) is 31.0 Å². The number of carbonyl (C=O) groups excluding carboxylic acids is 1. The molecule has 2 atom stereocenters. The second kappa shape index (κ2) is 3.83. The molecule has 2 saturated heterocycles. The fraction of sp³-hybridized carbons (Fsp3) is 0.545. The van der Waals surface area contributed by atoms with E-state index >= 15 is 0 Å². The average molecular weight is 220 g/mol. The molecule has 0 spiro atoms.